The Morgan fingerprint density at radius 1 is 1.19 bits per heavy atom. The Hall–Kier alpha value is -3.20. The minimum atomic E-state index is -5.56. The van der Waals surface area contributed by atoms with Gasteiger partial charge in [0.1, 0.15) is 30.2 Å². The molecule has 1 unspecified atom stereocenters. The van der Waals surface area contributed by atoms with Gasteiger partial charge >= 0.3 is 16.2 Å². The number of ether oxygens (including phenoxy) is 2. The Morgan fingerprint density at radius 3 is 2.58 bits per heavy atom. The minimum Gasteiger partial charge on any atom is -0.436 e. The van der Waals surface area contributed by atoms with Crippen molar-refractivity contribution >= 4 is 33.2 Å². The highest BCUT2D eigenvalue weighted by Crippen LogP contribution is 2.35. The van der Waals surface area contributed by atoms with E-state index in [4.69, 9.17) is 15.2 Å². The topological polar surface area (TPSA) is 180 Å². The molecule has 0 amide bonds. The van der Waals surface area contributed by atoms with Crippen LogP contribution in [-0.4, -0.2) is 67.9 Å². The summed E-state index contributed by atoms with van der Waals surface area (Å²) >= 11 is 0. The molecule has 4 N–H and O–H groups in total. The minimum absolute atomic E-state index is 0.0364. The van der Waals surface area contributed by atoms with Crippen molar-refractivity contribution in [2.24, 2.45) is 0 Å². The van der Waals surface area contributed by atoms with E-state index >= 15 is 0 Å². The van der Waals surface area contributed by atoms with Crippen LogP contribution in [-0.2, 0) is 19.7 Å². The van der Waals surface area contributed by atoms with Gasteiger partial charge in [-0.15, -0.1) is 3.89 Å². The molecule has 1 aromatic carbocycles. The quantitative estimate of drug-likeness (QED) is 0.335. The number of aromatic nitrogens is 4. The summed E-state index contributed by atoms with van der Waals surface area (Å²) in [5.74, 6) is -1.12. The van der Waals surface area contributed by atoms with E-state index in [9.17, 15) is 27.3 Å². The maximum atomic E-state index is 14.0. The second kappa shape index (κ2) is 7.81. The number of carbonyl (C=O) groups is 1. The van der Waals surface area contributed by atoms with Crippen LogP contribution in [0.3, 0.4) is 0 Å². The van der Waals surface area contributed by atoms with Gasteiger partial charge < -0.3 is 25.4 Å². The molecule has 3 heterocycles. The maximum absolute atomic E-state index is 14.0. The van der Waals surface area contributed by atoms with Crippen molar-refractivity contribution < 1.29 is 36.8 Å². The Balaban J connectivity index is 1.65. The van der Waals surface area contributed by atoms with Crippen LogP contribution in [0.1, 0.15) is 16.6 Å². The van der Waals surface area contributed by atoms with Gasteiger partial charge in [0.05, 0.1) is 11.9 Å². The standard InChI is InChI=1S/C17H16FN5O7S/c18-31(27,28)17(30-16(26)8-4-2-1-3-5-8)12-10(24)11(25)15(29-12)23-7-22-9-13(19)20-6-21-14(9)23/h1-7,10-12,15,17,24-25H,(H2,19,20,21)/t10-,11+,12-,15+,17?/m0/s1. The van der Waals surface area contributed by atoms with Crippen molar-refractivity contribution in [2.75, 3.05) is 5.73 Å². The van der Waals surface area contributed by atoms with E-state index in [1.807, 2.05) is 0 Å². The lowest BCUT2D eigenvalue weighted by Gasteiger charge is -2.22. The molecule has 5 atom stereocenters. The van der Waals surface area contributed by atoms with E-state index < -0.39 is 46.2 Å². The number of hydrogen-bond donors (Lipinski definition) is 3. The van der Waals surface area contributed by atoms with Gasteiger partial charge in [-0.1, -0.05) is 18.2 Å². The second-order valence-electron chi connectivity index (χ2n) is 6.67. The molecule has 12 nitrogen and oxygen atoms in total. The number of nitrogen functional groups attached to an aromatic ring is 1. The first-order chi connectivity index (χ1) is 14.7. The Morgan fingerprint density at radius 2 is 1.90 bits per heavy atom. The van der Waals surface area contributed by atoms with Crippen molar-refractivity contribution in [1.29, 1.82) is 0 Å². The number of benzene rings is 1. The zero-order valence-corrected chi connectivity index (χ0v) is 16.3. The molecule has 1 aliphatic heterocycles. The summed E-state index contributed by atoms with van der Waals surface area (Å²) in [6, 6.07) is 7.25. The molecule has 1 saturated heterocycles. The van der Waals surface area contributed by atoms with Crippen LogP contribution in [0.25, 0.3) is 11.2 Å². The lowest BCUT2D eigenvalue weighted by Crippen LogP contribution is -2.44. The summed E-state index contributed by atoms with van der Waals surface area (Å²) < 4.78 is 48.9. The lowest BCUT2D eigenvalue weighted by atomic mass is 10.1. The highest BCUT2D eigenvalue weighted by atomic mass is 32.3. The molecule has 4 rings (SSSR count). The molecule has 1 fully saturated rings. The Labute approximate surface area is 174 Å². The fraction of sp³-hybridized carbons (Fsp3) is 0.294. The Bertz CT molecular complexity index is 1220. The third-order valence-electron chi connectivity index (χ3n) is 4.71. The number of esters is 1. The number of anilines is 1. The fourth-order valence-electron chi connectivity index (χ4n) is 3.23. The Kier molecular flexibility index (Phi) is 5.30. The number of aliphatic hydroxyl groups excluding tert-OH is 2. The second-order valence-corrected chi connectivity index (χ2v) is 8.09. The predicted molar refractivity (Wildman–Crippen MR) is 101 cm³/mol. The summed E-state index contributed by atoms with van der Waals surface area (Å²) in [7, 11) is -5.56. The number of fused-ring (bicyclic) bond motifs is 1. The van der Waals surface area contributed by atoms with Gasteiger partial charge in [0.25, 0.3) is 5.44 Å². The van der Waals surface area contributed by atoms with Crippen LogP contribution in [0.15, 0.2) is 43.0 Å². The van der Waals surface area contributed by atoms with E-state index in [-0.39, 0.29) is 22.5 Å². The molecule has 0 aliphatic carbocycles. The van der Waals surface area contributed by atoms with Crippen LogP contribution >= 0.6 is 0 Å². The zero-order valence-electron chi connectivity index (χ0n) is 15.5. The molecule has 1 aliphatic rings. The smallest absolute Gasteiger partial charge is 0.343 e. The highest BCUT2D eigenvalue weighted by molar-refractivity contribution is 7.86. The monoisotopic (exact) mass is 453 g/mol. The highest BCUT2D eigenvalue weighted by Gasteiger charge is 2.53. The van der Waals surface area contributed by atoms with Gasteiger partial charge in [-0.25, -0.2) is 19.7 Å². The molecule has 0 bridgehead atoms. The molecular formula is C17H16FN5O7S. The van der Waals surface area contributed by atoms with Gasteiger partial charge in [-0.3, -0.25) is 4.57 Å². The number of halogens is 1. The number of imidazole rings is 1. The van der Waals surface area contributed by atoms with Gasteiger partial charge in [0.2, 0.25) is 0 Å². The van der Waals surface area contributed by atoms with Gasteiger partial charge in [-0.05, 0) is 12.1 Å². The van der Waals surface area contributed by atoms with Crippen LogP contribution in [0.5, 0.6) is 0 Å². The maximum Gasteiger partial charge on any atom is 0.343 e. The number of nitrogens with two attached hydrogens (primary N) is 1. The molecule has 14 heteroatoms. The zero-order chi connectivity index (χ0) is 22.3. The van der Waals surface area contributed by atoms with Gasteiger partial charge in [0.15, 0.2) is 17.7 Å². The van der Waals surface area contributed by atoms with Crippen molar-refractivity contribution in [3.05, 3.63) is 48.5 Å². The van der Waals surface area contributed by atoms with E-state index in [1.165, 1.54) is 35.2 Å². The molecule has 0 saturated carbocycles. The molecule has 0 spiro atoms. The SMILES string of the molecule is Nc1ncnc2c1ncn2[C@@H]1O[C@H](C(OC(=O)c2ccccc2)S(=O)(=O)F)[C@@H](O)[C@H]1O. The number of nitrogens with zero attached hydrogens (tertiary/aromatic N) is 4. The average molecular weight is 453 g/mol. The van der Waals surface area contributed by atoms with E-state index in [0.29, 0.717) is 0 Å². The first-order valence-electron chi connectivity index (χ1n) is 8.82. The fourth-order valence-corrected chi connectivity index (χ4v) is 3.98. The van der Waals surface area contributed by atoms with Crippen molar-refractivity contribution in [3.8, 4) is 0 Å². The molecule has 164 valence electrons. The van der Waals surface area contributed by atoms with Crippen LogP contribution in [0.2, 0.25) is 0 Å². The summed E-state index contributed by atoms with van der Waals surface area (Å²) in [6.45, 7) is 0. The summed E-state index contributed by atoms with van der Waals surface area (Å²) in [6.07, 6.45) is -4.74. The first-order valence-corrected chi connectivity index (χ1v) is 10.3. The van der Waals surface area contributed by atoms with Crippen molar-refractivity contribution in [2.45, 2.75) is 30.0 Å². The molecule has 3 aromatic rings. The van der Waals surface area contributed by atoms with E-state index in [0.717, 1.165) is 6.33 Å². The number of aliphatic hydroxyl groups is 2. The molecule has 31 heavy (non-hydrogen) atoms. The first kappa shape index (κ1) is 21.0. The van der Waals surface area contributed by atoms with E-state index in [2.05, 4.69) is 15.0 Å². The van der Waals surface area contributed by atoms with Gasteiger partial charge in [-0.2, -0.15) is 8.42 Å². The van der Waals surface area contributed by atoms with Crippen LogP contribution < -0.4 is 5.73 Å². The number of carbonyl (C=O) groups excluding carboxylic acids is 1. The summed E-state index contributed by atoms with van der Waals surface area (Å²) in [5.41, 5.74) is 3.41. The largest absolute Gasteiger partial charge is 0.436 e. The predicted octanol–water partition coefficient (Wildman–Crippen LogP) is -0.490. The lowest BCUT2D eigenvalue weighted by molar-refractivity contribution is -0.0687. The summed E-state index contributed by atoms with van der Waals surface area (Å²) in [5, 5.41) is 20.8. The third-order valence-corrected chi connectivity index (χ3v) is 5.63. The third kappa shape index (κ3) is 3.81. The molecule has 2 aromatic heterocycles. The van der Waals surface area contributed by atoms with E-state index in [1.54, 1.807) is 6.07 Å². The normalized spacial score (nSPS) is 24.9. The number of hydrogen-bond acceptors (Lipinski definition) is 11. The molecule has 0 radical (unpaired) electrons. The average Bonchev–Trinajstić information content (AvgIpc) is 3.28. The van der Waals surface area contributed by atoms with Crippen molar-refractivity contribution in [3.63, 3.8) is 0 Å². The van der Waals surface area contributed by atoms with Crippen LogP contribution in [0.4, 0.5) is 9.70 Å². The number of rotatable bonds is 5. The summed E-state index contributed by atoms with van der Waals surface area (Å²) in [4.78, 5) is 24.0. The molecular weight excluding hydrogens is 437 g/mol. The van der Waals surface area contributed by atoms with Crippen LogP contribution in [0, 0.1) is 0 Å². The van der Waals surface area contributed by atoms with Crippen molar-refractivity contribution in [1.82, 2.24) is 19.5 Å². The van der Waals surface area contributed by atoms with Gasteiger partial charge in [0, 0.05) is 0 Å².